The molecule has 6 nitrogen and oxygen atoms in total. The van der Waals surface area contributed by atoms with Crippen molar-refractivity contribution in [2.45, 2.75) is 19.1 Å². The number of nitrogens with one attached hydrogen (secondary N) is 1. The molecule has 130 valence electrons. The van der Waals surface area contributed by atoms with Gasteiger partial charge in [-0.2, -0.15) is 18.3 Å². The Labute approximate surface area is 137 Å². The van der Waals surface area contributed by atoms with E-state index in [-0.39, 0.29) is 12.1 Å². The van der Waals surface area contributed by atoms with E-state index in [0.29, 0.717) is 12.4 Å². The first-order valence-corrected chi connectivity index (χ1v) is 7.25. The van der Waals surface area contributed by atoms with Crippen molar-refractivity contribution in [3.63, 3.8) is 0 Å². The number of carbonyl (C=O) groups excluding carboxylic acids is 1. The lowest BCUT2D eigenvalue weighted by molar-refractivity contribution is -0.141. The molecule has 0 radical (unpaired) electrons. The minimum atomic E-state index is -4.53. The van der Waals surface area contributed by atoms with Crippen LogP contribution in [0.2, 0.25) is 0 Å². The third-order valence-corrected chi connectivity index (χ3v) is 3.12. The predicted molar refractivity (Wildman–Crippen MR) is 82.4 cm³/mol. The van der Waals surface area contributed by atoms with Gasteiger partial charge in [0.1, 0.15) is 5.69 Å². The summed E-state index contributed by atoms with van der Waals surface area (Å²) in [6.45, 7) is 1.46. The number of hydrogen-bond acceptors (Lipinski definition) is 4. The molecule has 2 aromatic heterocycles. The van der Waals surface area contributed by atoms with E-state index in [4.69, 9.17) is 0 Å². The molecule has 0 saturated carbocycles. The fourth-order valence-corrected chi connectivity index (χ4v) is 1.94. The molecule has 2 rings (SSSR count). The molecule has 0 aliphatic heterocycles. The van der Waals surface area contributed by atoms with Crippen molar-refractivity contribution in [1.29, 1.82) is 0 Å². The Hall–Kier alpha value is -2.42. The summed E-state index contributed by atoms with van der Waals surface area (Å²) in [6.07, 6.45) is -3.06. The van der Waals surface area contributed by atoms with Gasteiger partial charge in [-0.3, -0.25) is 9.48 Å². The number of amides is 1. The Balaban J connectivity index is 1.94. The van der Waals surface area contributed by atoms with E-state index in [2.05, 4.69) is 15.4 Å². The van der Waals surface area contributed by atoms with Crippen LogP contribution in [0.1, 0.15) is 11.4 Å². The molecule has 1 N–H and O–H groups in total. The van der Waals surface area contributed by atoms with Crippen molar-refractivity contribution in [2.24, 2.45) is 0 Å². The van der Waals surface area contributed by atoms with Gasteiger partial charge in [-0.25, -0.2) is 4.98 Å². The molecular formula is C15H18F3N5O. The van der Waals surface area contributed by atoms with Gasteiger partial charge >= 0.3 is 6.18 Å². The lowest BCUT2D eigenvalue weighted by Gasteiger charge is -2.09. The number of alkyl halides is 3. The van der Waals surface area contributed by atoms with Gasteiger partial charge in [0.25, 0.3) is 0 Å². The molecule has 24 heavy (non-hydrogen) atoms. The second kappa shape index (κ2) is 7.43. The highest BCUT2D eigenvalue weighted by atomic mass is 19.4. The number of rotatable bonds is 6. The van der Waals surface area contributed by atoms with Crippen molar-refractivity contribution in [3.05, 3.63) is 41.9 Å². The molecule has 0 saturated heterocycles. The van der Waals surface area contributed by atoms with Crippen LogP contribution in [0.3, 0.4) is 0 Å². The van der Waals surface area contributed by atoms with Crippen molar-refractivity contribution >= 4 is 11.7 Å². The molecule has 0 unspecified atom stereocenters. The number of carbonyl (C=O) groups is 1. The summed E-state index contributed by atoms with van der Waals surface area (Å²) in [7, 11) is 3.88. The van der Waals surface area contributed by atoms with E-state index in [1.165, 1.54) is 12.1 Å². The van der Waals surface area contributed by atoms with Gasteiger partial charge in [0.2, 0.25) is 5.91 Å². The van der Waals surface area contributed by atoms with Crippen LogP contribution in [0.4, 0.5) is 19.0 Å². The maximum absolute atomic E-state index is 12.6. The number of halogens is 3. The van der Waals surface area contributed by atoms with Gasteiger partial charge in [0.15, 0.2) is 5.82 Å². The van der Waals surface area contributed by atoms with Gasteiger partial charge in [0, 0.05) is 18.8 Å². The summed E-state index contributed by atoms with van der Waals surface area (Å²) < 4.78 is 39.5. The average Bonchev–Trinajstić information content (AvgIpc) is 2.92. The average molecular weight is 341 g/mol. The van der Waals surface area contributed by atoms with E-state index >= 15 is 0 Å². The van der Waals surface area contributed by atoms with Crippen molar-refractivity contribution in [3.8, 4) is 0 Å². The molecule has 0 aliphatic carbocycles. The van der Waals surface area contributed by atoms with Crippen LogP contribution in [0, 0.1) is 0 Å². The van der Waals surface area contributed by atoms with Crippen molar-refractivity contribution in [2.75, 3.05) is 26.0 Å². The van der Waals surface area contributed by atoms with Crippen LogP contribution < -0.4 is 5.32 Å². The van der Waals surface area contributed by atoms with Crippen LogP contribution in [-0.4, -0.2) is 46.2 Å². The number of aromatic nitrogens is 3. The van der Waals surface area contributed by atoms with Gasteiger partial charge in [-0.15, -0.1) is 0 Å². The lowest BCUT2D eigenvalue weighted by Crippen LogP contribution is -2.19. The minimum Gasteiger partial charge on any atom is -0.309 e. The minimum absolute atomic E-state index is 0.0503. The zero-order chi connectivity index (χ0) is 17.7. The molecule has 2 aromatic rings. The smallest absolute Gasteiger partial charge is 0.309 e. The number of likely N-dealkylation sites (N-methyl/N-ethyl adjacent to an activating group) is 1. The molecule has 0 fully saturated rings. The second-order valence-electron chi connectivity index (χ2n) is 5.50. The van der Waals surface area contributed by atoms with E-state index in [1.807, 2.05) is 19.0 Å². The maximum Gasteiger partial charge on any atom is 0.433 e. The van der Waals surface area contributed by atoms with Crippen LogP contribution >= 0.6 is 0 Å². The summed E-state index contributed by atoms with van der Waals surface area (Å²) in [5, 5.41) is 6.73. The summed E-state index contributed by atoms with van der Waals surface area (Å²) in [4.78, 5) is 17.4. The third-order valence-electron chi connectivity index (χ3n) is 3.12. The molecule has 1 amide bonds. The Morgan fingerprint density at radius 3 is 2.71 bits per heavy atom. The Morgan fingerprint density at radius 1 is 1.29 bits per heavy atom. The molecular weight excluding hydrogens is 323 g/mol. The lowest BCUT2D eigenvalue weighted by atomic mass is 10.2. The van der Waals surface area contributed by atoms with E-state index in [9.17, 15) is 18.0 Å². The molecule has 9 heteroatoms. The topological polar surface area (TPSA) is 63.0 Å². The fourth-order valence-electron chi connectivity index (χ4n) is 1.94. The van der Waals surface area contributed by atoms with Crippen LogP contribution in [0.25, 0.3) is 0 Å². The normalized spacial score (nSPS) is 11.8. The highest BCUT2D eigenvalue weighted by molar-refractivity contribution is 5.91. The summed E-state index contributed by atoms with van der Waals surface area (Å²) in [6, 6.07) is 5.11. The van der Waals surface area contributed by atoms with Crippen LogP contribution in [0.5, 0.6) is 0 Å². The van der Waals surface area contributed by atoms with Crippen molar-refractivity contribution < 1.29 is 18.0 Å². The number of anilines is 1. The second-order valence-corrected chi connectivity index (χ2v) is 5.50. The van der Waals surface area contributed by atoms with E-state index < -0.39 is 17.8 Å². The van der Waals surface area contributed by atoms with Crippen LogP contribution in [-0.2, 0) is 23.9 Å². The van der Waals surface area contributed by atoms with Crippen LogP contribution in [0.15, 0.2) is 30.5 Å². The maximum atomic E-state index is 12.6. The van der Waals surface area contributed by atoms with Gasteiger partial charge in [-0.05, 0) is 26.2 Å². The monoisotopic (exact) mass is 341 g/mol. The van der Waals surface area contributed by atoms with Gasteiger partial charge < -0.3 is 10.2 Å². The highest BCUT2D eigenvalue weighted by Gasteiger charge is 2.32. The van der Waals surface area contributed by atoms with Gasteiger partial charge in [0.05, 0.1) is 18.7 Å². The Morgan fingerprint density at radius 2 is 2.04 bits per heavy atom. The molecule has 0 spiro atoms. The quantitative estimate of drug-likeness (QED) is 0.873. The summed E-state index contributed by atoms with van der Waals surface area (Å²) >= 11 is 0. The van der Waals surface area contributed by atoms with Crippen molar-refractivity contribution in [1.82, 2.24) is 19.7 Å². The summed E-state index contributed by atoms with van der Waals surface area (Å²) in [5.41, 5.74) is -0.963. The predicted octanol–water partition coefficient (Wildman–Crippen LogP) is 2.04. The first-order chi connectivity index (χ1) is 11.2. The standard InChI is InChI=1S/C15H18F3N5O/c1-22(2)8-9-23-7-6-13(21-23)20-14(24)10-11-4-3-5-12(19-11)15(16,17)18/h3-7H,8-10H2,1-2H3,(H,20,21,24). The van der Waals surface area contributed by atoms with E-state index in [0.717, 1.165) is 12.6 Å². The first kappa shape index (κ1) is 17.9. The fraction of sp³-hybridized carbons (Fsp3) is 0.400. The number of nitrogens with zero attached hydrogens (tertiary/aromatic N) is 4. The van der Waals surface area contributed by atoms with Gasteiger partial charge in [-0.1, -0.05) is 6.07 Å². The Bertz CT molecular complexity index is 696. The summed E-state index contributed by atoms with van der Waals surface area (Å²) in [5.74, 6) is -0.120. The zero-order valence-electron chi connectivity index (χ0n) is 13.3. The third kappa shape index (κ3) is 5.34. The molecule has 0 aromatic carbocycles. The molecule has 0 aliphatic rings. The zero-order valence-corrected chi connectivity index (χ0v) is 13.3. The Kier molecular flexibility index (Phi) is 5.55. The van der Waals surface area contributed by atoms with E-state index in [1.54, 1.807) is 16.9 Å². The molecule has 0 bridgehead atoms. The molecule has 0 atom stereocenters. The number of pyridine rings is 1. The first-order valence-electron chi connectivity index (χ1n) is 7.25. The SMILES string of the molecule is CN(C)CCn1ccc(NC(=O)Cc2cccc(C(F)(F)F)n2)n1. The highest BCUT2D eigenvalue weighted by Crippen LogP contribution is 2.27. The molecule has 2 heterocycles. The largest absolute Gasteiger partial charge is 0.433 e. The number of hydrogen-bond donors (Lipinski definition) is 1.